The van der Waals surface area contributed by atoms with Crippen molar-refractivity contribution in [2.45, 2.75) is 13.5 Å². The number of aromatic nitrogens is 1. The van der Waals surface area contributed by atoms with Gasteiger partial charge in [0, 0.05) is 10.9 Å². The van der Waals surface area contributed by atoms with Gasteiger partial charge in [-0.3, -0.25) is 10.1 Å². The highest BCUT2D eigenvalue weighted by Crippen LogP contribution is 2.34. The lowest BCUT2D eigenvalue weighted by atomic mass is 10.1. The van der Waals surface area contributed by atoms with Gasteiger partial charge in [-0.05, 0) is 48.4 Å². The quantitative estimate of drug-likeness (QED) is 0.209. The number of hydrogen-bond donors (Lipinski definition) is 1. The van der Waals surface area contributed by atoms with E-state index >= 15 is 0 Å². The van der Waals surface area contributed by atoms with Crippen LogP contribution in [0, 0.1) is 11.3 Å². The Balaban J connectivity index is 1.28. The molecule has 3 aromatic carbocycles. The first-order valence-electron chi connectivity index (χ1n) is 11.8. The Morgan fingerprint density at radius 2 is 1.92 bits per heavy atom. The monoisotopic (exact) mass is 525 g/mol. The number of ether oxygens (including phenoxy) is 4. The maximum absolute atomic E-state index is 12.8. The lowest BCUT2D eigenvalue weighted by Gasteiger charge is -2.13. The Morgan fingerprint density at radius 3 is 2.74 bits per heavy atom. The molecule has 4 aromatic rings. The zero-order chi connectivity index (χ0) is 26.3. The van der Waals surface area contributed by atoms with E-state index in [0.717, 1.165) is 16.8 Å². The van der Waals surface area contributed by atoms with E-state index < -0.39 is 5.91 Å². The highest BCUT2D eigenvalue weighted by molar-refractivity contribution is 7.14. The molecule has 0 aliphatic carbocycles. The Hall–Kier alpha value is -4.81. The lowest BCUT2D eigenvalue weighted by molar-refractivity contribution is -0.112. The molecule has 2 heterocycles. The third-order valence-corrected chi connectivity index (χ3v) is 6.33. The smallest absolute Gasteiger partial charge is 0.268 e. The highest BCUT2D eigenvalue weighted by atomic mass is 32.1. The van der Waals surface area contributed by atoms with Crippen molar-refractivity contribution in [2.75, 3.05) is 18.7 Å². The summed E-state index contributed by atoms with van der Waals surface area (Å²) in [6.07, 6.45) is 1.51. The molecule has 0 saturated heterocycles. The zero-order valence-electron chi connectivity index (χ0n) is 20.5. The topological polar surface area (TPSA) is 103 Å². The number of thiazole rings is 1. The fourth-order valence-corrected chi connectivity index (χ4v) is 4.46. The van der Waals surface area contributed by atoms with Gasteiger partial charge >= 0.3 is 0 Å². The average Bonchev–Trinajstić information content (AvgIpc) is 3.61. The van der Waals surface area contributed by atoms with E-state index in [1.807, 2.05) is 66.9 Å². The summed E-state index contributed by atoms with van der Waals surface area (Å²) in [5.74, 6) is 1.91. The summed E-state index contributed by atoms with van der Waals surface area (Å²) in [6.45, 7) is 2.81. The van der Waals surface area contributed by atoms with Gasteiger partial charge in [0.1, 0.15) is 18.2 Å². The van der Waals surface area contributed by atoms with E-state index in [1.165, 1.54) is 17.4 Å². The Morgan fingerprint density at radius 1 is 1.08 bits per heavy atom. The molecule has 8 nitrogen and oxygen atoms in total. The van der Waals surface area contributed by atoms with Gasteiger partial charge in [-0.25, -0.2) is 4.98 Å². The third-order valence-electron chi connectivity index (χ3n) is 5.57. The van der Waals surface area contributed by atoms with E-state index in [2.05, 4.69) is 10.3 Å². The minimum atomic E-state index is -0.539. The standard InChI is InChI=1S/C29H23N3O5S/c1-2-34-26-13-19(8-10-24(26)35-16-20-9-11-25-27(14-20)37-18-36-25)12-22(15-30)28(33)32-29-31-23(17-38-29)21-6-4-3-5-7-21/h3-14,17H,2,16,18H2,1H3,(H,31,32,33)/b22-12-. The number of rotatable bonds is 9. The summed E-state index contributed by atoms with van der Waals surface area (Å²) in [6, 6.07) is 22.5. The first-order chi connectivity index (χ1) is 18.6. The SMILES string of the molecule is CCOc1cc(/C=C(/C#N)C(=O)Nc2nc(-c3ccccc3)cs2)ccc1OCc1ccc2c(c1)OCO2. The summed E-state index contributed by atoms with van der Waals surface area (Å²) in [7, 11) is 0. The van der Waals surface area contributed by atoms with Crippen LogP contribution in [0.2, 0.25) is 0 Å². The van der Waals surface area contributed by atoms with E-state index in [1.54, 1.807) is 18.2 Å². The molecule has 0 fully saturated rings. The highest BCUT2D eigenvalue weighted by Gasteiger charge is 2.15. The van der Waals surface area contributed by atoms with Gasteiger partial charge < -0.3 is 18.9 Å². The molecule has 1 aliphatic rings. The molecule has 1 aromatic heterocycles. The van der Waals surface area contributed by atoms with Crippen molar-refractivity contribution in [2.24, 2.45) is 0 Å². The van der Waals surface area contributed by atoms with Crippen LogP contribution >= 0.6 is 11.3 Å². The molecule has 9 heteroatoms. The van der Waals surface area contributed by atoms with Crippen LogP contribution in [0.3, 0.4) is 0 Å². The number of carbonyl (C=O) groups is 1. The number of carbonyl (C=O) groups excluding carboxylic acids is 1. The van der Waals surface area contributed by atoms with Gasteiger partial charge in [0.25, 0.3) is 5.91 Å². The third kappa shape index (κ3) is 5.77. The second-order valence-electron chi connectivity index (χ2n) is 8.14. The van der Waals surface area contributed by atoms with Crippen molar-refractivity contribution in [3.05, 3.63) is 88.8 Å². The maximum Gasteiger partial charge on any atom is 0.268 e. The van der Waals surface area contributed by atoms with Crippen molar-refractivity contribution >= 4 is 28.5 Å². The van der Waals surface area contributed by atoms with Crippen LogP contribution < -0.4 is 24.3 Å². The number of amides is 1. The minimum Gasteiger partial charge on any atom is -0.490 e. The molecule has 0 radical (unpaired) electrons. The molecule has 5 rings (SSSR count). The molecule has 1 amide bonds. The van der Waals surface area contributed by atoms with Crippen molar-refractivity contribution in [1.82, 2.24) is 4.98 Å². The zero-order valence-corrected chi connectivity index (χ0v) is 21.3. The maximum atomic E-state index is 12.8. The molecule has 1 N–H and O–H groups in total. The number of benzene rings is 3. The van der Waals surface area contributed by atoms with Crippen LogP contribution in [0.15, 0.2) is 77.7 Å². The second kappa shape index (κ2) is 11.5. The van der Waals surface area contributed by atoms with E-state index in [9.17, 15) is 10.1 Å². The van der Waals surface area contributed by atoms with E-state index in [0.29, 0.717) is 46.9 Å². The number of nitrogens with one attached hydrogen (secondary N) is 1. The molecule has 1 aliphatic heterocycles. The molecule has 0 saturated carbocycles. The summed E-state index contributed by atoms with van der Waals surface area (Å²) in [5, 5.41) is 14.6. The average molecular weight is 526 g/mol. The predicted molar refractivity (Wildman–Crippen MR) is 144 cm³/mol. The van der Waals surface area contributed by atoms with Gasteiger partial charge in [0.2, 0.25) is 6.79 Å². The molecular formula is C29H23N3O5S. The van der Waals surface area contributed by atoms with Gasteiger partial charge in [-0.1, -0.05) is 42.5 Å². The minimum absolute atomic E-state index is 0.0575. The number of fused-ring (bicyclic) bond motifs is 1. The van der Waals surface area contributed by atoms with Crippen LogP contribution in [0.5, 0.6) is 23.0 Å². The van der Waals surface area contributed by atoms with Crippen molar-refractivity contribution in [1.29, 1.82) is 5.26 Å². The number of nitriles is 1. The molecule has 190 valence electrons. The fourth-order valence-electron chi connectivity index (χ4n) is 3.75. The number of nitrogens with zero attached hydrogens (tertiary/aromatic N) is 2. The Bertz CT molecular complexity index is 1520. The second-order valence-corrected chi connectivity index (χ2v) is 9.00. The van der Waals surface area contributed by atoms with Gasteiger partial charge in [0.15, 0.2) is 28.1 Å². The number of hydrogen-bond acceptors (Lipinski definition) is 8. The van der Waals surface area contributed by atoms with Crippen LogP contribution in [-0.4, -0.2) is 24.3 Å². The summed E-state index contributed by atoms with van der Waals surface area (Å²) < 4.78 is 22.5. The van der Waals surface area contributed by atoms with E-state index in [-0.39, 0.29) is 12.4 Å². The van der Waals surface area contributed by atoms with Crippen molar-refractivity contribution in [3.63, 3.8) is 0 Å². The molecule has 0 atom stereocenters. The molecule has 0 unspecified atom stereocenters. The molecule has 38 heavy (non-hydrogen) atoms. The molecular weight excluding hydrogens is 502 g/mol. The summed E-state index contributed by atoms with van der Waals surface area (Å²) in [4.78, 5) is 17.3. The van der Waals surface area contributed by atoms with Gasteiger partial charge in [-0.15, -0.1) is 11.3 Å². The Labute approximate surface area is 223 Å². The Kier molecular flexibility index (Phi) is 7.52. The summed E-state index contributed by atoms with van der Waals surface area (Å²) in [5.41, 5.74) is 3.19. The normalized spacial score (nSPS) is 12.1. The van der Waals surface area contributed by atoms with Crippen LogP contribution in [0.25, 0.3) is 17.3 Å². The lowest BCUT2D eigenvalue weighted by Crippen LogP contribution is -2.13. The fraction of sp³-hybridized carbons (Fsp3) is 0.138. The predicted octanol–water partition coefficient (Wildman–Crippen LogP) is 6.06. The van der Waals surface area contributed by atoms with Crippen molar-refractivity contribution in [3.8, 4) is 40.3 Å². The summed E-state index contributed by atoms with van der Waals surface area (Å²) >= 11 is 1.30. The van der Waals surface area contributed by atoms with Crippen LogP contribution in [-0.2, 0) is 11.4 Å². The molecule has 0 bridgehead atoms. The van der Waals surface area contributed by atoms with Gasteiger partial charge in [0.05, 0.1) is 12.3 Å². The van der Waals surface area contributed by atoms with Crippen LogP contribution in [0.1, 0.15) is 18.1 Å². The van der Waals surface area contributed by atoms with E-state index in [4.69, 9.17) is 18.9 Å². The van der Waals surface area contributed by atoms with Gasteiger partial charge in [-0.2, -0.15) is 5.26 Å². The van der Waals surface area contributed by atoms with Crippen molar-refractivity contribution < 1.29 is 23.7 Å². The first kappa shape index (κ1) is 24.9. The molecule has 0 spiro atoms. The van der Waals surface area contributed by atoms with Crippen LogP contribution in [0.4, 0.5) is 5.13 Å². The first-order valence-corrected chi connectivity index (χ1v) is 12.7. The largest absolute Gasteiger partial charge is 0.490 e. The number of anilines is 1.